The Labute approximate surface area is 118 Å². The van der Waals surface area contributed by atoms with Crippen LogP contribution in [0.3, 0.4) is 0 Å². The largest absolute Gasteiger partial charge is 0.508 e. The number of benzene rings is 2. The van der Waals surface area contributed by atoms with Crippen molar-refractivity contribution in [1.82, 2.24) is 0 Å². The van der Waals surface area contributed by atoms with E-state index in [1.165, 1.54) is 0 Å². The molecule has 0 spiro atoms. The van der Waals surface area contributed by atoms with Crippen LogP contribution in [0.2, 0.25) is 0 Å². The number of para-hydroxylation sites is 1. The number of hydrogen-bond donors (Lipinski definition) is 1. The maximum atomic E-state index is 9.52. The minimum absolute atomic E-state index is 0.165. The number of phenols is 1. The Balaban J connectivity index is 2.45. The Morgan fingerprint density at radius 2 is 1.55 bits per heavy atom. The molecule has 2 aromatic carbocycles. The van der Waals surface area contributed by atoms with Gasteiger partial charge in [0, 0.05) is 11.1 Å². The van der Waals surface area contributed by atoms with E-state index < -0.39 is 0 Å². The smallest absolute Gasteiger partial charge is 0.135 e. The van der Waals surface area contributed by atoms with Crippen molar-refractivity contribution in [3.8, 4) is 17.2 Å². The summed E-state index contributed by atoms with van der Waals surface area (Å²) >= 11 is 0. The predicted octanol–water partition coefficient (Wildman–Crippen LogP) is 4.78. The molecule has 0 bridgehead atoms. The van der Waals surface area contributed by atoms with Gasteiger partial charge in [0.05, 0.1) is 0 Å². The van der Waals surface area contributed by atoms with Crippen LogP contribution in [0, 0.1) is 0 Å². The second-order valence-corrected chi connectivity index (χ2v) is 4.06. The molecule has 20 heavy (non-hydrogen) atoms. The first kappa shape index (κ1) is 13.5. The van der Waals surface area contributed by atoms with Gasteiger partial charge in [-0.15, -0.1) is 11.5 Å². The van der Waals surface area contributed by atoms with E-state index in [-0.39, 0.29) is 5.75 Å². The molecule has 0 saturated carbocycles. The van der Waals surface area contributed by atoms with Gasteiger partial charge in [-0.2, -0.15) is 0 Å². The van der Waals surface area contributed by atoms with Crippen LogP contribution < -0.4 is 4.74 Å². The zero-order chi connectivity index (χ0) is 14.4. The lowest BCUT2D eigenvalue weighted by Gasteiger charge is -2.11. The first-order valence-corrected chi connectivity index (χ1v) is 6.06. The van der Waals surface area contributed by atoms with E-state index in [4.69, 9.17) is 4.74 Å². The summed E-state index contributed by atoms with van der Waals surface area (Å²) in [6.45, 7) is 7.11. The molecule has 0 radical (unpaired) electrons. The van der Waals surface area contributed by atoms with Crippen LogP contribution >= 0.6 is 0 Å². The molecule has 0 heterocycles. The van der Waals surface area contributed by atoms with Gasteiger partial charge < -0.3 is 9.84 Å². The molecule has 98 valence electrons. The molecule has 0 unspecified atom stereocenters. The minimum atomic E-state index is 0.165. The molecule has 2 heteroatoms. The van der Waals surface area contributed by atoms with Crippen molar-refractivity contribution in [2.45, 2.75) is 0 Å². The fraction of sp³-hybridized carbons (Fsp3) is 0. The lowest BCUT2D eigenvalue weighted by Crippen LogP contribution is -1.89. The molecular formula is C18H14O2. The molecule has 0 aromatic heterocycles. The standard InChI is InChI=1S/C18H14O2/c1-3-7-14-9-5-6-10-17(14)20-18-12-11-16(19)13-15(18)8-4-2/h5-13,19H,1-2H2. The molecule has 1 N–H and O–H groups in total. The molecular weight excluding hydrogens is 248 g/mol. The Bertz CT molecular complexity index is 716. The summed E-state index contributed by atoms with van der Waals surface area (Å²) in [5.41, 5.74) is 7.00. The summed E-state index contributed by atoms with van der Waals surface area (Å²) in [4.78, 5) is 0. The monoisotopic (exact) mass is 262 g/mol. The quantitative estimate of drug-likeness (QED) is 0.803. The van der Waals surface area contributed by atoms with Gasteiger partial charge in [-0.1, -0.05) is 31.4 Å². The second-order valence-electron chi connectivity index (χ2n) is 4.06. The van der Waals surface area contributed by atoms with Crippen molar-refractivity contribution < 1.29 is 9.84 Å². The molecule has 0 aliphatic rings. The van der Waals surface area contributed by atoms with Crippen LogP contribution in [0.1, 0.15) is 11.1 Å². The third-order valence-electron chi connectivity index (χ3n) is 2.65. The van der Waals surface area contributed by atoms with Gasteiger partial charge in [0.1, 0.15) is 17.2 Å². The lowest BCUT2D eigenvalue weighted by atomic mass is 10.1. The maximum Gasteiger partial charge on any atom is 0.135 e. The number of ether oxygens (including phenoxy) is 1. The van der Waals surface area contributed by atoms with E-state index in [1.54, 1.807) is 30.4 Å². The Morgan fingerprint density at radius 1 is 0.900 bits per heavy atom. The average Bonchev–Trinajstić information content (AvgIpc) is 2.44. The number of hydrogen-bond acceptors (Lipinski definition) is 2. The molecule has 0 saturated heterocycles. The highest BCUT2D eigenvalue weighted by molar-refractivity contribution is 5.62. The average molecular weight is 262 g/mol. The van der Waals surface area contributed by atoms with Crippen molar-refractivity contribution in [1.29, 1.82) is 0 Å². The van der Waals surface area contributed by atoms with Crippen molar-refractivity contribution in [3.05, 3.63) is 78.2 Å². The van der Waals surface area contributed by atoms with Gasteiger partial charge in [-0.05, 0) is 36.4 Å². The predicted molar refractivity (Wildman–Crippen MR) is 81.8 cm³/mol. The third kappa shape index (κ3) is 3.09. The fourth-order valence-electron chi connectivity index (χ4n) is 1.77. The zero-order valence-corrected chi connectivity index (χ0v) is 11.0. The third-order valence-corrected chi connectivity index (χ3v) is 2.65. The van der Waals surface area contributed by atoms with Gasteiger partial charge in [0.25, 0.3) is 0 Å². The molecule has 0 amide bonds. The summed E-state index contributed by atoms with van der Waals surface area (Å²) in [6.07, 6.45) is 3.40. The summed E-state index contributed by atoms with van der Waals surface area (Å²) in [7, 11) is 0. The molecule has 2 rings (SSSR count). The molecule has 0 atom stereocenters. The number of aromatic hydroxyl groups is 1. The minimum Gasteiger partial charge on any atom is -0.508 e. The summed E-state index contributed by atoms with van der Waals surface area (Å²) in [6, 6.07) is 12.4. The molecule has 0 aliphatic heterocycles. The Kier molecular flexibility index (Phi) is 4.26. The van der Waals surface area contributed by atoms with Gasteiger partial charge in [-0.3, -0.25) is 0 Å². The summed E-state index contributed by atoms with van der Waals surface area (Å²) < 4.78 is 5.89. The van der Waals surface area contributed by atoms with Crippen LogP contribution in [-0.4, -0.2) is 5.11 Å². The number of phenolic OH excluding ortho intramolecular Hbond substituents is 1. The van der Waals surface area contributed by atoms with E-state index in [0.29, 0.717) is 17.1 Å². The van der Waals surface area contributed by atoms with Crippen molar-refractivity contribution in [3.63, 3.8) is 0 Å². The van der Waals surface area contributed by atoms with Crippen LogP contribution in [0.15, 0.2) is 67.1 Å². The van der Waals surface area contributed by atoms with E-state index in [9.17, 15) is 5.11 Å². The first-order chi connectivity index (χ1) is 9.74. The van der Waals surface area contributed by atoms with Crippen molar-refractivity contribution >= 4 is 12.2 Å². The van der Waals surface area contributed by atoms with Crippen LogP contribution in [0.5, 0.6) is 17.2 Å². The van der Waals surface area contributed by atoms with E-state index >= 15 is 0 Å². The number of rotatable bonds is 4. The lowest BCUT2D eigenvalue weighted by molar-refractivity contribution is 0.463. The van der Waals surface area contributed by atoms with Crippen molar-refractivity contribution in [2.24, 2.45) is 0 Å². The normalized spacial score (nSPS) is 9.20. The SMILES string of the molecule is C=C=Cc1ccccc1Oc1ccc(O)cc1C=C=C. The topological polar surface area (TPSA) is 29.5 Å². The van der Waals surface area contributed by atoms with Crippen LogP contribution in [-0.2, 0) is 0 Å². The van der Waals surface area contributed by atoms with E-state index in [2.05, 4.69) is 24.6 Å². The maximum absolute atomic E-state index is 9.52. The molecule has 2 nitrogen and oxygen atoms in total. The van der Waals surface area contributed by atoms with Crippen molar-refractivity contribution in [2.75, 3.05) is 0 Å². The summed E-state index contributed by atoms with van der Waals surface area (Å²) in [5, 5.41) is 9.52. The molecule has 0 fully saturated rings. The highest BCUT2D eigenvalue weighted by Gasteiger charge is 2.06. The van der Waals surface area contributed by atoms with Gasteiger partial charge >= 0.3 is 0 Å². The molecule has 2 aromatic rings. The van der Waals surface area contributed by atoms with Crippen LogP contribution in [0.4, 0.5) is 0 Å². The Hall–Kier alpha value is -2.92. The van der Waals surface area contributed by atoms with Gasteiger partial charge in [-0.25, -0.2) is 0 Å². The van der Waals surface area contributed by atoms with E-state index in [0.717, 1.165) is 5.56 Å². The van der Waals surface area contributed by atoms with Crippen LogP contribution in [0.25, 0.3) is 12.2 Å². The summed E-state index contributed by atoms with van der Waals surface area (Å²) in [5.74, 6) is 1.47. The highest BCUT2D eigenvalue weighted by atomic mass is 16.5. The fourth-order valence-corrected chi connectivity index (χ4v) is 1.77. The zero-order valence-electron chi connectivity index (χ0n) is 11.0. The molecule has 0 aliphatic carbocycles. The second kappa shape index (κ2) is 6.31. The van der Waals surface area contributed by atoms with Gasteiger partial charge in [0.15, 0.2) is 0 Å². The first-order valence-electron chi connectivity index (χ1n) is 6.06. The highest BCUT2D eigenvalue weighted by Crippen LogP contribution is 2.31. The van der Waals surface area contributed by atoms with E-state index in [1.807, 2.05) is 24.3 Å². The van der Waals surface area contributed by atoms with Gasteiger partial charge in [0.2, 0.25) is 0 Å². The Morgan fingerprint density at radius 3 is 2.30 bits per heavy atom.